The Balaban J connectivity index is 3.07. The number of carbonyl (C=O) groups is 2. The third-order valence-corrected chi connectivity index (χ3v) is 4.26. The molecule has 1 N–H and O–H groups in total. The van der Waals surface area contributed by atoms with Gasteiger partial charge < -0.3 is 19.5 Å². The second kappa shape index (κ2) is 10.9. The summed E-state index contributed by atoms with van der Waals surface area (Å²) in [6.45, 7) is 8.28. The lowest BCUT2D eigenvalue weighted by atomic mass is 9.98. The predicted molar refractivity (Wildman–Crippen MR) is 101 cm³/mol. The molecule has 0 saturated heterocycles. The molecular formula is C19H28ClNO5. The summed E-state index contributed by atoms with van der Waals surface area (Å²) in [6, 6.07) is 2.32. The van der Waals surface area contributed by atoms with E-state index in [1.807, 2.05) is 20.8 Å². The number of esters is 1. The Hall–Kier alpha value is -1.95. The molecule has 1 rings (SSSR count). The van der Waals surface area contributed by atoms with Crippen LogP contribution in [0.3, 0.4) is 0 Å². The van der Waals surface area contributed by atoms with Crippen LogP contribution >= 0.6 is 11.6 Å². The normalized spacial score (nSPS) is 12.8. The van der Waals surface area contributed by atoms with Crippen LogP contribution in [0.5, 0.6) is 11.5 Å². The molecule has 0 aliphatic carbocycles. The number of hydrogen-bond donors (Lipinski definition) is 1. The minimum Gasteiger partial charge on any atom is -0.493 e. The molecule has 0 aliphatic heterocycles. The Morgan fingerprint density at radius 2 is 1.92 bits per heavy atom. The molecule has 7 heteroatoms. The van der Waals surface area contributed by atoms with E-state index in [1.54, 1.807) is 13.0 Å². The topological polar surface area (TPSA) is 73.9 Å². The van der Waals surface area contributed by atoms with Crippen LogP contribution in [-0.2, 0) is 9.53 Å². The maximum absolute atomic E-state index is 12.7. The highest BCUT2D eigenvalue weighted by molar-refractivity contribution is 6.32. The third kappa shape index (κ3) is 5.80. The van der Waals surface area contributed by atoms with Gasteiger partial charge in [0.15, 0.2) is 11.5 Å². The molecule has 0 spiro atoms. The number of amides is 1. The lowest BCUT2D eigenvalue weighted by molar-refractivity contribution is -0.146. The van der Waals surface area contributed by atoms with Crippen LogP contribution in [-0.4, -0.2) is 38.2 Å². The molecule has 0 saturated carbocycles. The molecule has 1 amide bonds. The van der Waals surface area contributed by atoms with Crippen molar-refractivity contribution in [1.29, 1.82) is 0 Å². The number of methoxy groups -OCH3 is 1. The van der Waals surface area contributed by atoms with E-state index in [0.29, 0.717) is 18.1 Å². The summed E-state index contributed by atoms with van der Waals surface area (Å²) in [5.41, 5.74) is 0.285. The van der Waals surface area contributed by atoms with Crippen LogP contribution in [0.2, 0.25) is 5.02 Å². The molecule has 2 atom stereocenters. The van der Waals surface area contributed by atoms with E-state index in [0.717, 1.165) is 12.8 Å². The maximum atomic E-state index is 12.7. The van der Waals surface area contributed by atoms with Gasteiger partial charge in [0, 0.05) is 5.56 Å². The van der Waals surface area contributed by atoms with Gasteiger partial charge in [-0.3, -0.25) is 4.79 Å². The zero-order chi connectivity index (χ0) is 19.7. The molecule has 6 nitrogen and oxygen atoms in total. The fraction of sp³-hybridized carbons (Fsp3) is 0.579. The average Bonchev–Trinajstić information content (AvgIpc) is 2.63. The van der Waals surface area contributed by atoms with E-state index in [4.69, 9.17) is 25.8 Å². The fourth-order valence-electron chi connectivity index (χ4n) is 2.32. The Morgan fingerprint density at radius 1 is 1.23 bits per heavy atom. The van der Waals surface area contributed by atoms with E-state index in [-0.39, 0.29) is 23.1 Å². The Morgan fingerprint density at radius 3 is 2.46 bits per heavy atom. The molecule has 0 radical (unpaired) electrons. The van der Waals surface area contributed by atoms with Gasteiger partial charge in [0.05, 0.1) is 25.3 Å². The third-order valence-electron chi connectivity index (χ3n) is 3.98. The standard InChI is InChI=1S/C19H28ClNO5/c1-6-9-26-17-14(20)10-13(11-15(17)24-5)18(22)21-16(12(4)7-2)19(23)25-8-3/h10-12,16H,6-9H2,1-5H3,(H,21,22)/t12-,16+/m1/s1. The van der Waals surface area contributed by atoms with Crippen molar-refractivity contribution in [3.63, 3.8) is 0 Å². The van der Waals surface area contributed by atoms with Gasteiger partial charge in [0.25, 0.3) is 5.91 Å². The molecule has 0 fully saturated rings. The van der Waals surface area contributed by atoms with E-state index in [2.05, 4.69) is 5.32 Å². The van der Waals surface area contributed by atoms with E-state index < -0.39 is 17.9 Å². The van der Waals surface area contributed by atoms with Crippen LogP contribution in [0.1, 0.15) is 50.9 Å². The van der Waals surface area contributed by atoms with Gasteiger partial charge in [-0.25, -0.2) is 4.79 Å². The Bertz CT molecular complexity index is 620. The van der Waals surface area contributed by atoms with Gasteiger partial charge in [0.1, 0.15) is 6.04 Å². The number of ether oxygens (including phenoxy) is 3. The van der Waals surface area contributed by atoms with Crippen LogP contribution in [0.25, 0.3) is 0 Å². The average molecular weight is 386 g/mol. The summed E-state index contributed by atoms with van der Waals surface area (Å²) in [5.74, 6) is -0.173. The quantitative estimate of drug-likeness (QED) is 0.619. The SMILES string of the molecule is CCCOc1c(Cl)cc(C(=O)N[C@H](C(=O)OCC)[C@H](C)CC)cc1OC. The van der Waals surface area contributed by atoms with Crippen LogP contribution in [0.15, 0.2) is 12.1 Å². The second-order valence-electron chi connectivity index (χ2n) is 5.93. The highest BCUT2D eigenvalue weighted by atomic mass is 35.5. The van der Waals surface area contributed by atoms with Gasteiger partial charge in [-0.2, -0.15) is 0 Å². The van der Waals surface area contributed by atoms with Crippen molar-refractivity contribution < 1.29 is 23.8 Å². The molecule has 146 valence electrons. The number of hydrogen-bond acceptors (Lipinski definition) is 5. The van der Waals surface area contributed by atoms with Crippen LogP contribution in [0, 0.1) is 5.92 Å². The monoisotopic (exact) mass is 385 g/mol. The number of nitrogens with one attached hydrogen (secondary N) is 1. The highest BCUT2D eigenvalue weighted by Gasteiger charge is 2.28. The lowest BCUT2D eigenvalue weighted by Crippen LogP contribution is -2.46. The van der Waals surface area contributed by atoms with Crippen molar-refractivity contribution in [3.05, 3.63) is 22.7 Å². The van der Waals surface area contributed by atoms with Crippen LogP contribution in [0.4, 0.5) is 0 Å². The van der Waals surface area contributed by atoms with Gasteiger partial charge >= 0.3 is 5.97 Å². The lowest BCUT2D eigenvalue weighted by Gasteiger charge is -2.22. The van der Waals surface area contributed by atoms with E-state index in [9.17, 15) is 9.59 Å². The van der Waals surface area contributed by atoms with Gasteiger partial charge in [-0.05, 0) is 31.4 Å². The number of halogens is 1. The van der Waals surface area contributed by atoms with Crippen molar-refractivity contribution >= 4 is 23.5 Å². The minimum absolute atomic E-state index is 0.0671. The van der Waals surface area contributed by atoms with Crippen molar-refractivity contribution in [2.24, 2.45) is 5.92 Å². The molecule has 26 heavy (non-hydrogen) atoms. The van der Waals surface area contributed by atoms with Crippen molar-refractivity contribution in [2.45, 2.75) is 46.6 Å². The first-order valence-electron chi connectivity index (χ1n) is 8.87. The summed E-state index contributed by atoms with van der Waals surface area (Å²) in [4.78, 5) is 24.8. The smallest absolute Gasteiger partial charge is 0.328 e. The summed E-state index contributed by atoms with van der Waals surface area (Å²) in [6.07, 6.45) is 1.54. The van der Waals surface area contributed by atoms with E-state index in [1.165, 1.54) is 13.2 Å². The summed E-state index contributed by atoms with van der Waals surface area (Å²) in [5, 5.41) is 3.02. The summed E-state index contributed by atoms with van der Waals surface area (Å²) in [7, 11) is 1.48. The van der Waals surface area contributed by atoms with Crippen molar-refractivity contribution in [1.82, 2.24) is 5.32 Å². The summed E-state index contributed by atoms with van der Waals surface area (Å²) < 4.78 is 16.0. The van der Waals surface area contributed by atoms with E-state index >= 15 is 0 Å². The Labute approximate surface area is 160 Å². The number of rotatable bonds is 10. The first kappa shape index (κ1) is 22.1. The van der Waals surface area contributed by atoms with Crippen molar-refractivity contribution in [2.75, 3.05) is 20.3 Å². The number of carbonyl (C=O) groups excluding carboxylic acids is 2. The molecule has 0 aliphatic rings. The molecule has 0 bridgehead atoms. The minimum atomic E-state index is -0.728. The summed E-state index contributed by atoms with van der Waals surface area (Å²) >= 11 is 6.26. The molecular weight excluding hydrogens is 358 g/mol. The molecule has 0 aromatic heterocycles. The first-order valence-corrected chi connectivity index (χ1v) is 9.25. The fourth-order valence-corrected chi connectivity index (χ4v) is 2.59. The molecule has 0 unspecified atom stereocenters. The highest BCUT2D eigenvalue weighted by Crippen LogP contribution is 2.36. The Kier molecular flexibility index (Phi) is 9.27. The molecule has 0 heterocycles. The zero-order valence-electron chi connectivity index (χ0n) is 16.1. The van der Waals surface area contributed by atoms with Crippen LogP contribution < -0.4 is 14.8 Å². The van der Waals surface area contributed by atoms with Gasteiger partial charge in [0.2, 0.25) is 0 Å². The zero-order valence-corrected chi connectivity index (χ0v) is 16.8. The van der Waals surface area contributed by atoms with Gasteiger partial charge in [-0.1, -0.05) is 38.8 Å². The predicted octanol–water partition coefficient (Wildman–Crippen LogP) is 3.85. The first-order chi connectivity index (χ1) is 12.4. The molecule has 1 aromatic rings. The van der Waals surface area contributed by atoms with Crippen molar-refractivity contribution in [3.8, 4) is 11.5 Å². The second-order valence-corrected chi connectivity index (χ2v) is 6.33. The molecule has 1 aromatic carbocycles. The number of benzene rings is 1. The van der Waals surface area contributed by atoms with Gasteiger partial charge in [-0.15, -0.1) is 0 Å². The largest absolute Gasteiger partial charge is 0.493 e. The maximum Gasteiger partial charge on any atom is 0.328 e.